The lowest BCUT2D eigenvalue weighted by Crippen LogP contribution is -2.26. The number of allylic oxidation sites excluding steroid dienone is 1. The number of hydrogen-bond acceptors (Lipinski definition) is 6. The third kappa shape index (κ3) is 8.18. The molecule has 2 N–H and O–H groups in total. The molecule has 1 aliphatic heterocycles. The zero-order chi connectivity index (χ0) is 63.1. The maximum atomic E-state index is 9.07. The van der Waals surface area contributed by atoms with E-state index < -0.39 is 0 Å². The minimum atomic E-state index is 0.417. The highest BCUT2D eigenvalue weighted by atomic mass is 16.3. The van der Waals surface area contributed by atoms with Crippen molar-refractivity contribution in [2.45, 2.75) is 0 Å². The fourth-order valence-electron chi connectivity index (χ4n) is 15.0. The van der Waals surface area contributed by atoms with Gasteiger partial charge in [0.05, 0.1) is 66.9 Å². The Balaban J connectivity index is 0.694. The number of fused-ring (bicyclic) bond motifs is 18. The van der Waals surface area contributed by atoms with E-state index in [1.54, 1.807) is 0 Å². The summed E-state index contributed by atoms with van der Waals surface area (Å²) in [5.74, 6) is 1.47. The van der Waals surface area contributed by atoms with Gasteiger partial charge in [-0.3, -0.25) is 0 Å². The number of hydrogen-bond donors (Lipinski definition) is 2. The number of furan rings is 1. The Morgan fingerprint density at radius 3 is 1.64 bits per heavy atom. The third-order valence-corrected chi connectivity index (χ3v) is 19.4. The smallest absolute Gasteiger partial charge is 0.161 e. The maximum Gasteiger partial charge on any atom is 0.161 e. The van der Waals surface area contributed by atoms with E-state index in [0.717, 1.165) is 167 Å². The normalized spacial score (nSPS) is 13.0. The number of benzene rings is 13. The van der Waals surface area contributed by atoms with Gasteiger partial charge in [-0.05, 0) is 132 Å². The van der Waals surface area contributed by atoms with Gasteiger partial charge < -0.3 is 28.8 Å². The van der Waals surface area contributed by atoms with E-state index in [2.05, 4.69) is 256 Å². The van der Waals surface area contributed by atoms with Gasteiger partial charge in [0.15, 0.2) is 11.4 Å². The molecule has 0 radical (unpaired) electrons. The van der Waals surface area contributed by atoms with E-state index in [1.807, 2.05) is 77.3 Å². The summed E-state index contributed by atoms with van der Waals surface area (Å²) in [4.78, 5) is 10.5. The fourth-order valence-corrected chi connectivity index (χ4v) is 15.0. The largest absolute Gasteiger partial charge is 0.454 e. The quantitative estimate of drug-likeness (QED) is 0.140. The van der Waals surface area contributed by atoms with Crippen molar-refractivity contribution in [3.8, 4) is 50.8 Å². The molecule has 10 nitrogen and oxygen atoms in total. The number of aromatic nitrogens is 6. The second-order valence-electron chi connectivity index (χ2n) is 24.8. The van der Waals surface area contributed by atoms with Gasteiger partial charge in [0.2, 0.25) is 0 Å². The molecular formula is C86H53N9O. The van der Waals surface area contributed by atoms with E-state index in [9.17, 15) is 0 Å². The molecule has 0 unspecified atom stereocenters. The van der Waals surface area contributed by atoms with Crippen LogP contribution in [-0.2, 0) is 0 Å². The summed E-state index contributed by atoms with van der Waals surface area (Å²) in [7, 11) is 0. The molecule has 96 heavy (non-hydrogen) atoms. The van der Waals surface area contributed by atoms with Crippen LogP contribution in [0.1, 0.15) is 16.7 Å². The molecule has 0 saturated heterocycles. The summed E-state index contributed by atoms with van der Waals surface area (Å²) < 4.78 is 15.9. The van der Waals surface area contributed by atoms with Crippen LogP contribution in [-0.4, -0.2) is 39.8 Å². The molecule has 13 aromatic carbocycles. The third-order valence-electron chi connectivity index (χ3n) is 19.4. The highest BCUT2D eigenvalue weighted by Crippen LogP contribution is 2.45. The summed E-state index contributed by atoms with van der Waals surface area (Å²) in [5, 5.41) is 28.3. The molecule has 0 fully saturated rings. The Hall–Kier alpha value is -13.2. The lowest BCUT2D eigenvalue weighted by molar-refractivity contribution is 0.671. The number of amidine groups is 1. The zero-order valence-electron chi connectivity index (χ0n) is 51.5. The second kappa shape index (κ2) is 20.9. The van der Waals surface area contributed by atoms with Crippen molar-refractivity contribution < 1.29 is 4.42 Å². The van der Waals surface area contributed by atoms with Crippen molar-refractivity contribution in [2.24, 2.45) is 4.99 Å². The topological polar surface area (TPSA) is 106 Å². The van der Waals surface area contributed by atoms with Gasteiger partial charge in [-0.1, -0.05) is 194 Å². The van der Waals surface area contributed by atoms with Crippen LogP contribution in [0.15, 0.2) is 319 Å². The molecule has 0 amide bonds. The summed E-state index contributed by atoms with van der Waals surface area (Å²) in [6.45, 7) is 0. The van der Waals surface area contributed by atoms with Crippen molar-refractivity contribution >= 4 is 127 Å². The average Bonchev–Trinajstić information content (AvgIpc) is 1.56. The SMILES string of the molecule is N=C(/C=C1\NC(c2ccc(-n3c4cc(-c5ccc(-c6cc7c8ccccc8nc(-c8ccc(-n9c%10ccccc%10c%10ccc%11c%12ccccc%12oc%11c%109)cc8)n7n6)cc5)ccc4c4ccc5c6ccccc6n(-c6ccccc6)c5c43)cc2)=Nc2ccccc21)c1ccccc1. The Morgan fingerprint density at radius 2 is 0.906 bits per heavy atom. The van der Waals surface area contributed by atoms with Crippen LogP contribution in [0.3, 0.4) is 0 Å². The monoisotopic (exact) mass is 1230 g/mol. The molecule has 6 aromatic heterocycles. The predicted octanol–water partition coefficient (Wildman–Crippen LogP) is 21.2. The molecule has 0 atom stereocenters. The van der Waals surface area contributed by atoms with Gasteiger partial charge in [0.25, 0.3) is 0 Å². The average molecular weight is 1230 g/mol. The first kappa shape index (κ1) is 53.5. The van der Waals surface area contributed by atoms with Crippen LogP contribution in [0.25, 0.3) is 160 Å². The number of nitrogens with one attached hydrogen (secondary N) is 2. The van der Waals surface area contributed by atoms with Crippen molar-refractivity contribution in [1.29, 1.82) is 5.41 Å². The standard InChI is InChI=1S/C86H53N9O/c87-71(53-17-3-1-4-18-53)50-75-69-24-7-12-26-72(69)88-85(89-75)55-35-40-60(41-36-55)94-78-49-57(39-44-63(78)66-46-45-65-61-21-9-14-28-76(61)92(81(65)82(66)94)58-19-5-2-6-20-58)52-31-33-54(34-32-52)74-51-79-70-25-8-13-27-73(70)90-86(95(79)91-74)56-37-42-59(43-38-56)93-77-29-15-10-22-62(77)67-47-48-68-64-23-11-16-30-80(64)96-84(68)83(67)93/h1-51,87H,(H,88,89)/b75-50-,87-71?. The Kier molecular flexibility index (Phi) is 11.7. The van der Waals surface area contributed by atoms with Crippen LogP contribution in [0, 0.1) is 5.41 Å². The maximum absolute atomic E-state index is 9.07. The Labute approximate surface area is 548 Å². The molecule has 20 rings (SSSR count). The lowest BCUT2D eigenvalue weighted by Gasteiger charge is -2.21. The van der Waals surface area contributed by atoms with E-state index in [-0.39, 0.29) is 0 Å². The van der Waals surface area contributed by atoms with Crippen LogP contribution in [0.2, 0.25) is 0 Å². The van der Waals surface area contributed by atoms with Crippen molar-refractivity contribution in [2.75, 3.05) is 0 Å². The van der Waals surface area contributed by atoms with Crippen LogP contribution < -0.4 is 5.32 Å². The predicted molar refractivity (Wildman–Crippen MR) is 394 cm³/mol. The molecule has 0 bridgehead atoms. The zero-order valence-corrected chi connectivity index (χ0v) is 51.5. The van der Waals surface area contributed by atoms with Gasteiger partial charge in [0, 0.05) is 87.8 Å². The lowest BCUT2D eigenvalue weighted by atomic mass is 10.0. The highest BCUT2D eigenvalue weighted by Gasteiger charge is 2.25. The fraction of sp³-hybridized carbons (Fsp3) is 0. The molecule has 0 saturated carbocycles. The second-order valence-corrected chi connectivity index (χ2v) is 24.8. The first-order chi connectivity index (χ1) is 47.5. The molecule has 10 heteroatoms. The molecule has 19 aromatic rings. The van der Waals surface area contributed by atoms with Crippen molar-refractivity contribution in [1.82, 2.24) is 33.6 Å². The Bertz CT molecular complexity index is 6520. The van der Waals surface area contributed by atoms with Gasteiger partial charge in [0.1, 0.15) is 11.4 Å². The molecule has 7 heterocycles. The molecule has 448 valence electrons. The van der Waals surface area contributed by atoms with Crippen LogP contribution in [0.5, 0.6) is 0 Å². The number of nitrogens with zero attached hydrogens (tertiary/aromatic N) is 7. The summed E-state index contributed by atoms with van der Waals surface area (Å²) in [6, 6.07) is 107. The number of para-hydroxylation sites is 6. The molecular weight excluding hydrogens is 1180 g/mol. The summed E-state index contributed by atoms with van der Waals surface area (Å²) in [6.07, 6.45) is 1.90. The minimum Gasteiger partial charge on any atom is -0.454 e. The van der Waals surface area contributed by atoms with Gasteiger partial charge >= 0.3 is 0 Å². The van der Waals surface area contributed by atoms with E-state index >= 15 is 0 Å². The number of rotatable bonds is 9. The van der Waals surface area contributed by atoms with Crippen molar-refractivity contribution in [3.05, 3.63) is 326 Å². The first-order valence-corrected chi connectivity index (χ1v) is 32.3. The Morgan fingerprint density at radius 1 is 0.385 bits per heavy atom. The summed E-state index contributed by atoms with van der Waals surface area (Å²) >= 11 is 0. The van der Waals surface area contributed by atoms with E-state index in [4.69, 9.17) is 24.9 Å². The van der Waals surface area contributed by atoms with E-state index in [1.165, 1.54) is 16.2 Å². The molecule has 0 spiro atoms. The highest BCUT2D eigenvalue weighted by molar-refractivity contribution is 6.25. The van der Waals surface area contributed by atoms with E-state index in [0.29, 0.717) is 11.5 Å². The minimum absolute atomic E-state index is 0.417. The molecule has 1 aliphatic rings. The van der Waals surface area contributed by atoms with Crippen LogP contribution in [0.4, 0.5) is 5.69 Å². The van der Waals surface area contributed by atoms with Crippen molar-refractivity contribution in [3.63, 3.8) is 0 Å². The molecule has 0 aliphatic carbocycles. The van der Waals surface area contributed by atoms with Gasteiger partial charge in [-0.25, -0.2) is 14.5 Å². The van der Waals surface area contributed by atoms with Gasteiger partial charge in [-0.2, -0.15) is 5.10 Å². The number of aliphatic imine (C=N–C) groups is 1. The van der Waals surface area contributed by atoms with Gasteiger partial charge in [-0.15, -0.1) is 0 Å². The summed E-state index contributed by atoms with van der Waals surface area (Å²) in [5.41, 5.74) is 23.2. The first-order valence-electron chi connectivity index (χ1n) is 32.3. The van der Waals surface area contributed by atoms with Crippen LogP contribution >= 0.6 is 0 Å².